The van der Waals surface area contributed by atoms with E-state index in [2.05, 4.69) is 27.7 Å². The van der Waals surface area contributed by atoms with Gasteiger partial charge in [-0.1, -0.05) is 71.2 Å². The van der Waals surface area contributed by atoms with Crippen molar-refractivity contribution in [2.24, 2.45) is 5.41 Å². The van der Waals surface area contributed by atoms with Gasteiger partial charge in [-0.2, -0.15) is 0 Å². The minimum absolute atomic E-state index is 0.121. The fourth-order valence-corrected chi connectivity index (χ4v) is 5.53. The second-order valence-electron chi connectivity index (χ2n) is 10.9. The fraction of sp³-hybridized carbons (Fsp3) is 0.452. The minimum Gasteiger partial charge on any atom is -0.260 e. The molecular weight excluding hydrogens is 443 g/mol. The summed E-state index contributed by atoms with van der Waals surface area (Å²) in [5, 5.41) is 0. The summed E-state index contributed by atoms with van der Waals surface area (Å²) < 4.78 is 44.1. The number of alkyl halides is 1. The van der Waals surface area contributed by atoms with Crippen LogP contribution in [0, 0.1) is 17.0 Å². The number of benzene rings is 2. The Bertz CT molecular complexity index is 1130. The SMILES string of the molecule is CCC(C)(C)C[C@H](C)c1cnc(C2CCCC2)c(C(F)c2ccc(F)cc2)c1-c1ccc(F)cc1. The van der Waals surface area contributed by atoms with E-state index in [1.54, 1.807) is 12.1 Å². The van der Waals surface area contributed by atoms with E-state index >= 15 is 4.39 Å². The summed E-state index contributed by atoms with van der Waals surface area (Å²) in [7, 11) is 0. The monoisotopic (exact) mass is 479 g/mol. The lowest BCUT2D eigenvalue weighted by molar-refractivity contribution is 0.299. The van der Waals surface area contributed by atoms with Crippen molar-refractivity contribution in [2.45, 2.75) is 84.2 Å². The molecule has 0 spiro atoms. The van der Waals surface area contributed by atoms with Crippen LogP contribution in [0.3, 0.4) is 0 Å². The van der Waals surface area contributed by atoms with Crippen molar-refractivity contribution in [3.05, 3.63) is 88.7 Å². The lowest BCUT2D eigenvalue weighted by Gasteiger charge is -2.30. The molecule has 1 aliphatic rings. The van der Waals surface area contributed by atoms with Gasteiger partial charge in [0.25, 0.3) is 0 Å². The van der Waals surface area contributed by atoms with E-state index in [0.717, 1.165) is 60.9 Å². The van der Waals surface area contributed by atoms with Gasteiger partial charge < -0.3 is 0 Å². The van der Waals surface area contributed by atoms with Crippen LogP contribution in [0.15, 0.2) is 54.7 Å². The van der Waals surface area contributed by atoms with E-state index in [-0.39, 0.29) is 23.1 Å². The summed E-state index contributed by atoms with van der Waals surface area (Å²) in [6.07, 6.45) is 6.62. The number of aromatic nitrogens is 1. The van der Waals surface area contributed by atoms with Gasteiger partial charge in [-0.15, -0.1) is 0 Å². The third kappa shape index (κ3) is 5.63. The van der Waals surface area contributed by atoms with Gasteiger partial charge in [0.2, 0.25) is 0 Å². The van der Waals surface area contributed by atoms with Crippen LogP contribution >= 0.6 is 0 Å². The second kappa shape index (κ2) is 10.6. The Balaban J connectivity index is 1.96. The molecule has 1 saturated carbocycles. The average molecular weight is 480 g/mol. The highest BCUT2D eigenvalue weighted by molar-refractivity contribution is 5.74. The molecule has 0 bridgehead atoms. The minimum atomic E-state index is -1.45. The Kier molecular flexibility index (Phi) is 7.68. The predicted octanol–water partition coefficient (Wildman–Crippen LogP) is 9.67. The van der Waals surface area contributed by atoms with Crippen molar-refractivity contribution in [3.8, 4) is 11.1 Å². The molecule has 2 aromatic carbocycles. The molecule has 4 rings (SSSR count). The molecule has 186 valence electrons. The van der Waals surface area contributed by atoms with Crippen LogP contribution in [0.25, 0.3) is 11.1 Å². The lowest BCUT2D eigenvalue weighted by Crippen LogP contribution is -2.16. The number of hydrogen-bond donors (Lipinski definition) is 0. The van der Waals surface area contributed by atoms with Gasteiger partial charge in [-0.3, -0.25) is 4.98 Å². The largest absolute Gasteiger partial charge is 0.260 e. The standard InChI is InChI=1S/C31H36F3N/c1-5-31(3,4)18-20(2)26-19-35-30(23-8-6-7-9-23)28(27(26)21-10-14-24(32)15-11-21)29(34)22-12-16-25(33)17-13-22/h10-17,19-20,23,29H,5-9,18H2,1-4H3/t20-,29?/m0/s1. The maximum Gasteiger partial charge on any atom is 0.153 e. The maximum absolute atomic E-state index is 16.5. The van der Waals surface area contributed by atoms with Gasteiger partial charge in [-0.05, 0) is 77.1 Å². The van der Waals surface area contributed by atoms with Crippen LogP contribution < -0.4 is 0 Å². The first-order chi connectivity index (χ1) is 16.7. The van der Waals surface area contributed by atoms with E-state index in [0.29, 0.717) is 11.1 Å². The van der Waals surface area contributed by atoms with Crippen LogP contribution in [0.5, 0.6) is 0 Å². The van der Waals surface area contributed by atoms with Crippen LogP contribution in [0.1, 0.15) is 107 Å². The summed E-state index contributed by atoms with van der Waals surface area (Å²) in [4.78, 5) is 4.92. The first-order valence-electron chi connectivity index (χ1n) is 12.9. The molecule has 1 unspecified atom stereocenters. The fourth-order valence-electron chi connectivity index (χ4n) is 5.53. The van der Waals surface area contributed by atoms with Crippen molar-refractivity contribution in [2.75, 3.05) is 0 Å². The second-order valence-corrected chi connectivity index (χ2v) is 10.9. The van der Waals surface area contributed by atoms with E-state index < -0.39 is 12.0 Å². The molecule has 0 saturated heterocycles. The molecule has 3 aromatic rings. The number of hydrogen-bond acceptors (Lipinski definition) is 1. The van der Waals surface area contributed by atoms with Crippen LogP contribution in [0.4, 0.5) is 13.2 Å². The Labute approximate surface area is 207 Å². The van der Waals surface area contributed by atoms with Gasteiger partial charge in [0.15, 0.2) is 6.17 Å². The molecule has 0 amide bonds. The Hall–Kier alpha value is -2.62. The molecule has 1 heterocycles. The highest BCUT2D eigenvalue weighted by Crippen LogP contribution is 2.47. The molecule has 0 radical (unpaired) electrons. The smallest absolute Gasteiger partial charge is 0.153 e. The molecule has 1 nitrogen and oxygen atoms in total. The third-order valence-electron chi connectivity index (χ3n) is 7.81. The number of nitrogens with zero attached hydrogens (tertiary/aromatic N) is 1. The van der Waals surface area contributed by atoms with E-state index in [9.17, 15) is 8.78 Å². The van der Waals surface area contributed by atoms with Gasteiger partial charge in [0.1, 0.15) is 11.6 Å². The molecule has 2 atom stereocenters. The maximum atomic E-state index is 16.5. The highest BCUT2D eigenvalue weighted by Gasteiger charge is 2.32. The van der Waals surface area contributed by atoms with Gasteiger partial charge in [0, 0.05) is 17.7 Å². The molecule has 1 aromatic heterocycles. The molecular formula is C31H36F3N. The van der Waals surface area contributed by atoms with Crippen molar-refractivity contribution >= 4 is 0 Å². The summed E-state index contributed by atoms with van der Waals surface area (Å²) in [5.74, 6) is -0.385. The predicted molar refractivity (Wildman–Crippen MR) is 137 cm³/mol. The van der Waals surface area contributed by atoms with Crippen LogP contribution in [0.2, 0.25) is 0 Å². The summed E-state index contributed by atoms with van der Waals surface area (Å²) in [6.45, 7) is 8.86. The molecule has 0 N–H and O–H groups in total. The lowest BCUT2D eigenvalue weighted by atomic mass is 9.76. The third-order valence-corrected chi connectivity index (χ3v) is 7.81. The number of rotatable bonds is 8. The molecule has 0 aliphatic heterocycles. The highest BCUT2D eigenvalue weighted by atomic mass is 19.1. The molecule has 35 heavy (non-hydrogen) atoms. The Morgan fingerprint density at radius 3 is 2.09 bits per heavy atom. The molecule has 1 aliphatic carbocycles. The first kappa shape index (κ1) is 25.5. The topological polar surface area (TPSA) is 12.9 Å². The van der Waals surface area contributed by atoms with Gasteiger partial charge in [-0.25, -0.2) is 13.2 Å². The Morgan fingerprint density at radius 1 is 0.943 bits per heavy atom. The summed E-state index contributed by atoms with van der Waals surface area (Å²) in [6, 6.07) is 12.0. The van der Waals surface area contributed by atoms with E-state index in [1.807, 2.05) is 6.20 Å². The van der Waals surface area contributed by atoms with E-state index in [1.165, 1.54) is 36.4 Å². The summed E-state index contributed by atoms with van der Waals surface area (Å²) >= 11 is 0. The average Bonchev–Trinajstić information content (AvgIpc) is 3.38. The molecule has 1 fully saturated rings. The zero-order chi connectivity index (χ0) is 25.2. The normalized spacial score (nSPS) is 16.4. The van der Waals surface area contributed by atoms with Crippen molar-refractivity contribution in [3.63, 3.8) is 0 Å². The summed E-state index contributed by atoms with van der Waals surface area (Å²) in [5.41, 5.74) is 4.49. The van der Waals surface area contributed by atoms with Crippen molar-refractivity contribution < 1.29 is 13.2 Å². The number of halogens is 3. The molecule has 4 heteroatoms. The van der Waals surface area contributed by atoms with Gasteiger partial charge >= 0.3 is 0 Å². The number of pyridine rings is 1. The van der Waals surface area contributed by atoms with Crippen molar-refractivity contribution in [1.82, 2.24) is 4.98 Å². The first-order valence-corrected chi connectivity index (χ1v) is 12.9. The zero-order valence-electron chi connectivity index (χ0n) is 21.3. The van der Waals surface area contributed by atoms with Gasteiger partial charge in [0.05, 0.1) is 5.69 Å². The van der Waals surface area contributed by atoms with Crippen LogP contribution in [-0.4, -0.2) is 4.98 Å². The van der Waals surface area contributed by atoms with E-state index in [4.69, 9.17) is 4.98 Å². The van der Waals surface area contributed by atoms with Crippen LogP contribution in [-0.2, 0) is 0 Å². The Morgan fingerprint density at radius 2 is 1.51 bits per heavy atom. The zero-order valence-corrected chi connectivity index (χ0v) is 21.3. The van der Waals surface area contributed by atoms with Crippen molar-refractivity contribution in [1.29, 1.82) is 0 Å². The quantitative estimate of drug-likeness (QED) is 0.313.